The molecular formula is C27H26N2O4. The average Bonchev–Trinajstić information content (AvgIpc) is 3.16. The summed E-state index contributed by atoms with van der Waals surface area (Å²) in [5.74, 6) is 0.584. The van der Waals surface area contributed by atoms with Gasteiger partial charge in [-0.1, -0.05) is 42.5 Å². The van der Waals surface area contributed by atoms with Crippen molar-refractivity contribution in [2.24, 2.45) is 0 Å². The van der Waals surface area contributed by atoms with Gasteiger partial charge in [-0.25, -0.2) is 0 Å². The fourth-order valence-electron chi connectivity index (χ4n) is 4.63. The lowest BCUT2D eigenvalue weighted by atomic mass is 10.0. The van der Waals surface area contributed by atoms with E-state index in [4.69, 9.17) is 9.47 Å². The van der Waals surface area contributed by atoms with Gasteiger partial charge in [0.25, 0.3) is 5.91 Å². The van der Waals surface area contributed by atoms with E-state index in [1.807, 2.05) is 54.6 Å². The van der Waals surface area contributed by atoms with Gasteiger partial charge in [0.1, 0.15) is 5.75 Å². The van der Waals surface area contributed by atoms with Crippen LogP contribution in [0.2, 0.25) is 0 Å². The van der Waals surface area contributed by atoms with E-state index < -0.39 is 0 Å². The highest BCUT2D eigenvalue weighted by Crippen LogP contribution is 2.36. The number of nitrogens with zero attached hydrogens (tertiary/aromatic N) is 1. The van der Waals surface area contributed by atoms with Crippen molar-refractivity contribution in [1.82, 2.24) is 10.2 Å². The van der Waals surface area contributed by atoms with Crippen molar-refractivity contribution in [3.8, 4) is 16.9 Å². The van der Waals surface area contributed by atoms with Crippen LogP contribution in [-0.2, 0) is 4.74 Å². The molecule has 168 valence electrons. The third-order valence-corrected chi connectivity index (χ3v) is 6.43. The Hall–Kier alpha value is -3.48. The molecule has 1 aliphatic heterocycles. The van der Waals surface area contributed by atoms with Gasteiger partial charge in [0.2, 0.25) is 0 Å². The molecule has 0 spiro atoms. The van der Waals surface area contributed by atoms with Crippen LogP contribution in [0, 0.1) is 0 Å². The van der Waals surface area contributed by atoms with Gasteiger partial charge in [0.15, 0.2) is 5.78 Å². The highest BCUT2D eigenvalue weighted by molar-refractivity contribution is 6.22. The Morgan fingerprint density at radius 3 is 2.39 bits per heavy atom. The first-order chi connectivity index (χ1) is 16.2. The molecule has 1 saturated heterocycles. The topological polar surface area (TPSA) is 67.9 Å². The van der Waals surface area contributed by atoms with Crippen LogP contribution in [0.1, 0.15) is 37.9 Å². The van der Waals surface area contributed by atoms with Gasteiger partial charge in [-0.15, -0.1) is 0 Å². The quantitative estimate of drug-likeness (QED) is 0.493. The molecule has 6 heteroatoms. The van der Waals surface area contributed by atoms with E-state index in [1.165, 1.54) is 0 Å². The second kappa shape index (κ2) is 9.17. The third kappa shape index (κ3) is 4.15. The maximum atomic E-state index is 13.1. The molecule has 1 atom stereocenters. The van der Waals surface area contributed by atoms with Crippen LogP contribution < -0.4 is 10.1 Å². The summed E-state index contributed by atoms with van der Waals surface area (Å²) in [6.45, 7) is 3.41. The highest BCUT2D eigenvalue weighted by atomic mass is 16.5. The van der Waals surface area contributed by atoms with Crippen LogP contribution in [0.25, 0.3) is 11.1 Å². The second-order valence-corrected chi connectivity index (χ2v) is 8.28. The molecule has 3 aromatic carbocycles. The number of hydrogen-bond donors (Lipinski definition) is 1. The Labute approximate surface area is 193 Å². The summed E-state index contributed by atoms with van der Waals surface area (Å²) in [5, 5.41) is 3.09. The third-order valence-electron chi connectivity index (χ3n) is 6.43. The van der Waals surface area contributed by atoms with Crippen molar-refractivity contribution in [3.63, 3.8) is 0 Å². The first kappa shape index (κ1) is 21.4. The van der Waals surface area contributed by atoms with E-state index in [0.29, 0.717) is 36.4 Å². The van der Waals surface area contributed by atoms with Gasteiger partial charge in [-0.3, -0.25) is 14.5 Å². The maximum absolute atomic E-state index is 13.1. The number of benzene rings is 3. The fraction of sp³-hybridized carbons (Fsp3) is 0.259. The predicted octanol–water partition coefficient (Wildman–Crippen LogP) is 3.71. The summed E-state index contributed by atoms with van der Waals surface area (Å²) in [6.07, 6.45) is 0. The summed E-state index contributed by atoms with van der Waals surface area (Å²) in [6, 6.07) is 20.9. The van der Waals surface area contributed by atoms with Gasteiger partial charge < -0.3 is 14.8 Å². The van der Waals surface area contributed by atoms with Crippen LogP contribution in [-0.4, -0.2) is 56.5 Å². The van der Waals surface area contributed by atoms with Gasteiger partial charge in [-0.05, 0) is 41.0 Å². The second-order valence-electron chi connectivity index (χ2n) is 8.28. The van der Waals surface area contributed by atoms with Crippen LogP contribution in [0.4, 0.5) is 0 Å². The number of carbonyl (C=O) groups excluding carboxylic acids is 2. The molecule has 1 heterocycles. The zero-order valence-electron chi connectivity index (χ0n) is 18.5. The number of nitrogens with one attached hydrogen (secondary N) is 1. The number of rotatable bonds is 6. The number of methoxy groups -OCH3 is 1. The lowest BCUT2D eigenvalue weighted by molar-refractivity contribution is 0.0162. The molecule has 1 aliphatic carbocycles. The van der Waals surface area contributed by atoms with Crippen LogP contribution in [0.3, 0.4) is 0 Å². The largest absolute Gasteiger partial charge is 0.497 e. The van der Waals surface area contributed by atoms with E-state index in [-0.39, 0.29) is 17.7 Å². The molecule has 0 radical (unpaired) electrons. The lowest BCUT2D eigenvalue weighted by Gasteiger charge is -2.35. The van der Waals surface area contributed by atoms with Crippen molar-refractivity contribution in [1.29, 1.82) is 0 Å². The first-order valence-corrected chi connectivity index (χ1v) is 11.2. The Bertz CT molecular complexity index is 1180. The Balaban J connectivity index is 1.34. The van der Waals surface area contributed by atoms with Gasteiger partial charge in [0.05, 0.1) is 26.4 Å². The van der Waals surface area contributed by atoms with Gasteiger partial charge >= 0.3 is 0 Å². The molecule has 5 rings (SSSR count). The van der Waals surface area contributed by atoms with E-state index in [9.17, 15) is 9.59 Å². The molecule has 0 bridgehead atoms. The minimum absolute atomic E-state index is 0.0177. The van der Waals surface area contributed by atoms with Crippen LogP contribution in [0.15, 0.2) is 66.7 Å². The van der Waals surface area contributed by atoms with Crippen LogP contribution in [0.5, 0.6) is 5.75 Å². The standard InChI is InChI=1S/C27H26N2O4/c1-32-20-9-6-18(7-10-20)25(29-12-14-33-15-13-29)17-28-27(31)19-8-11-22-21-4-2-3-5-23(21)26(30)24(22)16-19/h2-11,16,25H,12-15,17H2,1H3,(H,28,31). The predicted molar refractivity (Wildman–Crippen MR) is 126 cm³/mol. The minimum Gasteiger partial charge on any atom is -0.497 e. The van der Waals surface area contributed by atoms with E-state index in [0.717, 1.165) is 35.5 Å². The molecule has 1 amide bonds. The Morgan fingerprint density at radius 1 is 0.970 bits per heavy atom. The maximum Gasteiger partial charge on any atom is 0.251 e. The summed E-state index contributed by atoms with van der Waals surface area (Å²) in [7, 11) is 1.65. The summed E-state index contributed by atoms with van der Waals surface area (Å²) < 4.78 is 10.8. The molecule has 6 nitrogen and oxygen atoms in total. The number of amides is 1. The molecule has 3 aromatic rings. The van der Waals surface area contributed by atoms with Gasteiger partial charge in [-0.2, -0.15) is 0 Å². The van der Waals surface area contributed by atoms with Crippen molar-refractivity contribution in [3.05, 3.63) is 89.0 Å². The summed E-state index contributed by atoms with van der Waals surface area (Å²) in [5.41, 5.74) is 4.69. The van der Waals surface area contributed by atoms with E-state index in [2.05, 4.69) is 10.2 Å². The molecule has 33 heavy (non-hydrogen) atoms. The van der Waals surface area contributed by atoms with Gasteiger partial charge in [0, 0.05) is 36.3 Å². The zero-order chi connectivity index (χ0) is 22.8. The smallest absolute Gasteiger partial charge is 0.251 e. The van der Waals surface area contributed by atoms with E-state index >= 15 is 0 Å². The van der Waals surface area contributed by atoms with Crippen molar-refractivity contribution >= 4 is 11.7 Å². The van der Waals surface area contributed by atoms with Crippen molar-refractivity contribution in [2.75, 3.05) is 40.0 Å². The normalized spacial score (nSPS) is 16.1. The molecule has 1 unspecified atom stereocenters. The number of hydrogen-bond acceptors (Lipinski definition) is 5. The highest BCUT2D eigenvalue weighted by Gasteiger charge is 2.28. The molecule has 0 saturated carbocycles. The first-order valence-electron chi connectivity index (χ1n) is 11.2. The lowest BCUT2D eigenvalue weighted by Crippen LogP contribution is -2.43. The Kier molecular flexibility index (Phi) is 5.94. The SMILES string of the molecule is COc1ccc(C(CNC(=O)c2ccc3c(c2)C(=O)c2ccccc2-3)N2CCOCC2)cc1. The number of ketones is 1. The number of morpholine rings is 1. The van der Waals surface area contributed by atoms with Crippen LogP contribution >= 0.6 is 0 Å². The summed E-state index contributed by atoms with van der Waals surface area (Å²) >= 11 is 0. The molecule has 1 fully saturated rings. The molecular weight excluding hydrogens is 416 g/mol. The van der Waals surface area contributed by atoms with Crippen molar-refractivity contribution < 1.29 is 19.1 Å². The molecule has 1 N–H and O–H groups in total. The number of ether oxygens (including phenoxy) is 2. The molecule has 0 aromatic heterocycles. The Morgan fingerprint density at radius 2 is 1.67 bits per heavy atom. The minimum atomic E-state index is -0.187. The number of fused-ring (bicyclic) bond motifs is 3. The fourth-order valence-corrected chi connectivity index (χ4v) is 4.63. The van der Waals surface area contributed by atoms with Crippen molar-refractivity contribution in [2.45, 2.75) is 6.04 Å². The molecule has 2 aliphatic rings. The van der Waals surface area contributed by atoms with E-state index in [1.54, 1.807) is 19.2 Å². The monoisotopic (exact) mass is 442 g/mol. The average molecular weight is 443 g/mol. The number of carbonyl (C=O) groups is 2. The summed E-state index contributed by atoms with van der Waals surface area (Å²) in [4.78, 5) is 28.2. The zero-order valence-corrected chi connectivity index (χ0v) is 18.5.